The highest BCUT2D eigenvalue weighted by atomic mass is 15.2. The van der Waals surface area contributed by atoms with Crippen molar-refractivity contribution in [1.29, 1.82) is 0 Å². The van der Waals surface area contributed by atoms with Crippen LogP contribution in [0.4, 0.5) is 11.9 Å². The van der Waals surface area contributed by atoms with Gasteiger partial charge < -0.3 is 17.2 Å². The van der Waals surface area contributed by atoms with E-state index < -0.39 is 0 Å². The lowest BCUT2D eigenvalue weighted by molar-refractivity contribution is 0.197. The fourth-order valence-electron chi connectivity index (χ4n) is 1.96. The summed E-state index contributed by atoms with van der Waals surface area (Å²) in [5.41, 5.74) is 16.9. The first-order valence-electron chi connectivity index (χ1n) is 5.37. The molecule has 7 heteroatoms. The summed E-state index contributed by atoms with van der Waals surface area (Å²) in [4.78, 5) is 14.0. The molecule has 7 nitrogen and oxygen atoms in total. The largest absolute Gasteiger partial charge is 0.368 e. The highest BCUT2D eigenvalue weighted by Gasteiger charge is 2.17. The first-order chi connectivity index (χ1) is 7.63. The van der Waals surface area contributed by atoms with E-state index in [0.29, 0.717) is 12.4 Å². The van der Waals surface area contributed by atoms with Crippen LogP contribution in [0.5, 0.6) is 0 Å². The maximum Gasteiger partial charge on any atom is 0.225 e. The lowest BCUT2D eigenvalue weighted by atomic mass is 10.1. The summed E-state index contributed by atoms with van der Waals surface area (Å²) in [6, 6.07) is 0.241. The second kappa shape index (κ2) is 4.58. The zero-order chi connectivity index (χ0) is 11.5. The Bertz CT molecular complexity index is 347. The monoisotopic (exact) mass is 223 g/mol. The molecule has 0 spiro atoms. The number of likely N-dealkylation sites (tertiary alicyclic amines) is 1. The second-order valence-electron chi connectivity index (χ2n) is 4.11. The van der Waals surface area contributed by atoms with Gasteiger partial charge in [0.15, 0.2) is 0 Å². The number of nitrogen functional groups attached to an aromatic ring is 2. The van der Waals surface area contributed by atoms with Gasteiger partial charge in [-0.3, -0.25) is 4.90 Å². The van der Waals surface area contributed by atoms with Crippen LogP contribution < -0.4 is 17.2 Å². The van der Waals surface area contributed by atoms with Crippen LogP contribution in [0, 0.1) is 0 Å². The molecule has 2 rings (SSSR count). The van der Waals surface area contributed by atoms with Gasteiger partial charge in [-0.25, -0.2) is 0 Å². The molecule has 16 heavy (non-hydrogen) atoms. The zero-order valence-electron chi connectivity index (χ0n) is 9.13. The van der Waals surface area contributed by atoms with Gasteiger partial charge >= 0.3 is 0 Å². The van der Waals surface area contributed by atoms with E-state index >= 15 is 0 Å². The lowest BCUT2D eigenvalue weighted by Gasteiger charge is -2.29. The Morgan fingerprint density at radius 3 is 2.50 bits per heavy atom. The Balaban J connectivity index is 2.02. The minimum atomic E-state index is 0.170. The van der Waals surface area contributed by atoms with Crippen LogP contribution in [0.1, 0.15) is 18.7 Å². The van der Waals surface area contributed by atoms with Crippen LogP contribution in [0.2, 0.25) is 0 Å². The molecule has 0 amide bonds. The molecule has 0 bridgehead atoms. The van der Waals surface area contributed by atoms with E-state index in [-0.39, 0.29) is 17.9 Å². The van der Waals surface area contributed by atoms with E-state index in [1.165, 1.54) is 0 Å². The average Bonchev–Trinajstić information content (AvgIpc) is 2.15. The molecule has 88 valence electrons. The van der Waals surface area contributed by atoms with E-state index in [9.17, 15) is 0 Å². The van der Waals surface area contributed by atoms with Gasteiger partial charge in [0.05, 0.1) is 6.54 Å². The van der Waals surface area contributed by atoms with Gasteiger partial charge in [0.1, 0.15) is 5.82 Å². The highest BCUT2D eigenvalue weighted by Crippen LogP contribution is 2.11. The fourth-order valence-corrected chi connectivity index (χ4v) is 1.96. The van der Waals surface area contributed by atoms with Gasteiger partial charge in [-0.2, -0.15) is 15.0 Å². The number of hydrogen-bond acceptors (Lipinski definition) is 7. The first-order valence-corrected chi connectivity index (χ1v) is 5.37. The molecule has 6 N–H and O–H groups in total. The van der Waals surface area contributed by atoms with Crippen molar-refractivity contribution in [3.8, 4) is 0 Å². The van der Waals surface area contributed by atoms with E-state index in [0.717, 1.165) is 25.9 Å². The molecule has 1 aromatic heterocycles. The average molecular weight is 223 g/mol. The molecule has 0 unspecified atom stereocenters. The molecule has 0 aromatic carbocycles. The van der Waals surface area contributed by atoms with Crippen molar-refractivity contribution in [2.75, 3.05) is 24.6 Å². The Kier molecular flexibility index (Phi) is 3.16. The van der Waals surface area contributed by atoms with Crippen LogP contribution in [-0.4, -0.2) is 39.0 Å². The van der Waals surface area contributed by atoms with Crippen LogP contribution >= 0.6 is 0 Å². The quantitative estimate of drug-likeness (QED) is 0.585. The maximum atomic E-state index is 5.89. The van der Waals surface area contributed by atoms with Gasteiger partial charge in [0.2, 0.25) is 11.9 Å². The van der Waals surface area contributed by atoms with Crippen LogP contribution in [-0.2, 0) is 6.54 Å². The van der Waals surface area contributed by atoms with Crippen molar-refractivity contribution in [1.82, 2.24) is 19.9 Å². The Labute approximate surface area is 94.1 Å². The van der Waals surface area contributed by atoms with Gasteiger partial charge in [0, 0.05) is 12.6 Å². The minimum absolute atomic E-state index is 0.170. The van der Waals surface area contributed by atoms with Gasteiger partial charge in [-0.1, -0.05) is 0 Å². The van der Waals surface area contributed by atoms with Gasteiger partial charge in [-0.15, -0.1) is 0 Å². The first kappa shape index (κ1) is 11.0. The Morgan fingerprint density at radius 2 is 1.88 bits per heavy atom. The summed E-state index contributed by atoms with van der Waals surface area (Å²) in [6.07, 6.45) is 2.19. The van der Waals surface area contributed by atoms with Crippen LogP contribution in [0.15, 0.2) is 0 Å². The predicted molar refractivity (Wildman–Crippen MR) is 61.1 cm³/mol. The molecule has 1 aromatic rings. The third kappa shape index (κ3) is 2.77. The maximum absolute atomic E-state index is 5.89. The molecular weight excluding hydrogens is 206 g/mol. The van der Waals surface area contributed by atoms with Crippen molar-refractivity contribution < 1.29 is 0 Å². The van der Waals surface area contributed by atoms with Gasteiger partial charge in [-0.05, 0) is 19.4 Å². The Hall–Kier alpha value is -1.47. The summed E-state index contributed by atoms with van der Waals surface area (Å²) < 4.78 is 0. The van der Waals surface area contributed by atoms with Crippen LogP contribution in [0.25, 0.3) is 0 Å². The summed E-state index contributed by atoms with van der Waals surface area (Å²) >= 11 is 0. The minimum Gasteiger partial charge on any atom is -0.368 e. The molecule has 1 aliphatic rings. The van der Waals surface area contributed by atoms with E-state index in [1.807, 2.05) is 0 Å². The summed E-state index contributed by atoms with van der Waals surface area (Å²) in [5, 5.41) is 0. The fraction of sp³-hybridized carbons (Fsp3) is 0.667. The number of nitrogens with two attached hydrogens (primary N) is 3. The number of nitrogens with zero attached hydrogens (tertiary/aromatic N) is 4. The molecule has 1 atom stereocenters. The number of hydrogen-bond donors (Lipinski definition) is 3. The van der Waals surface area contributed by atoms with Crippen LogP contribution in [0.3, 0.4) is 0 Å². The van der Waals surface area contributed by atoms with Crippen molar-refractivity contribution >= 4 is 11.9 Å². The number of anilines is 2. The highest BCUT2D eigenvalue weighted by molar-refractivity contribution is 5.25. The van der Waals surface area contributed by atoms with E-state index in [2.05, 4.69) is 19.9 Å². The normalized spacial score (nSPS) is 22.2. The second-order valence-corrected chi connectivity index (χ2v) is 4.11. The standard InChI is InChI=1S/C9H17N7/c10-6-2-1-3-16(4-6)5-7-13-8(11)15-9(12)14-7/h6H,1-5,10H2,(H4,11,12,13,14,15)/t6-/m1/s1. The molecular formula is C9H17N7. The van der Waals surface area contributed by atoms with E-state index in [4.69, 9.17) is 17.2 Å². The number of piperidine rings is 1. The Morgan fingerprint density at radius 1 is 1.19 bits per heavy atom. The molecule has 2 heterocycles. The van der Waals surface area contributed by atoms with Crippen molar-refractivity contribution in [2.45, 2.75) is 25.4 Å². The van der Waals surface area contributed by atoms with E-state index in [1.54, 1.807) is 0 Å². The summed E-state index contributed by atoms with van der Waals surface area (Å²) in [5.74, 6) is 0.951. The molecule has 1 saturated heterocycles. The number of rotatable bonds is 2. The number of aromatic nitrogens is 3. The van der Waals surface area contributed by atoms with Crippen molar-refractivity contribution in [3.05, 3.63) is 5.82 Å². The summed E-state index contributed by atoms with van der Waals surface area (Å²) in [6.45, 7) is 2.51. The SMILES string of the molecule is Nc1nc(N)nc(CN2CCC[C@@H](N)C2)n1. The van der Waals surface area contributed by atoms with Crippen molar-refractivity contribution in [3.63, 3.8) is 0 Å². The molecule has 1 aliphatic heterocycles. The predicted octanol–water partition coefficient (Wildman–Crippen LogP) is -1.04. The molecule has 0 aliphatic carbocycles. The topological polar surface area (TPSA) is 120 Å². The third-order valence-corrected chi connectivity index (χ3v) is 2.62. The molecule has 1 fully saturated rings. The van der Waals surface area contributed by atoms with Gasteiger partial charge in [0.25, 0.3) is 0 Å². The lowest BCUT2D eigenvalue weighted by Crippen LogP contribution is -2.42. The molecule has 0 radical (unpaired) electrons. The summed E-state index contributed by atoms with van der Waals surface area (Å²) in [7, 11) is 0. The smallest absolute Gasteiger partial charge is 0.225 e. The third-order valence-electron chi connectivity index (χ3n) is 2.62. The van der Waals surface area contributed by atoms with Crippen molar-refractivity contribution in [2.24, 2.45) is 5.73 Å². The zero-order valence-corrected chi connectivity index (χ0v) is 9.13. The molecule has 0 saturated carbocycles.